The average Bonchev–Trinajstić information content (AvgIpc) is 2.37. The number of nitrogens with one attached hydrogen (secondary N) is 1. The van der Waals surface area contributed by atoms with Gasteiger partial charge in [0.1, 0.15) is 0 Å². The van der Waals surface area contributed by atoms with Crippen molar-refractivity contribution in [2.24, 2.45) is 0 Å². The lowest BCUT2D eigenvalue weighted by Crippen LogP contribution is -2.17. The smallest absolute Gasteiger partial charge is 0.0768 e. The van der Waals surface area contributed by atoms with Gasteiger partial charge < -0.3 is 5.32 Å². The molecule has 0 aliphatic carbocycles. The molecule has 82 valence electrons. The van der Waals surface area contributed by atoms with Crippen LogP contribution in [0.4, 0.5) is 0 Å². The topological polar surface area (TPSA) is 50.7 Å². The fourth-order valence-corrected chi connectivity index (χ4v) is 1.41. The summed E-state index contributed by atoms with van der Waals surface area (Å²) < 4.78 is 0. The zero-order valence-corrected chi connectivity index (χ0v) is 9.00. The van der Waals surface area contributed by atoms with Crippen molar-refractivity contribution in [3.63, 3.8) is 0 Å². The Bertz CT molecular complexity index is 360. The molecule has 0 unspecified atom stereocenters. The molecule has 4 nitrogen and oxygen atoms in total. The average molecular weight is 214 g/mol. The van der Waals surface area contributed by atoms with Crippen LogP contribution in [0, 0.1) is 0 Å². The van der Waals surface area contributed by atoms with Crippen LogP contribution in [-0.4, -0.2) is 21.7 Å². The zero-order chi connectivity index (χ0) is 11.1. The lowest BCUT2D eigenvalue weighted by Gasteiger charge is -2.03. The van der Waals surface area contributed by atoms with Gasteiger partial charge in [-0.25, -0.2) is 0 Å². The van der Waals surface area contributed by atoms with Gasteiger partial charge >= 0.3 is 0 Å². The van der Waals surface area contributed by atoms with Gasteiger partial charge in [-0.15, -0.1) is 0 Å². The molecule has 0 bridgehead atoms. The van der Waals surface area contributed by atoms with Crippen molar-refractivity contribution in [1.82, 2.24) is 20.5 Å². The van der Waals surface area contributed by atoms with Gasteiger partial charge in [-0.05, 0) is 24.3 Å². The Balaban J connectivity index is 1.70. The maximum atomic E-state index is 4.26. The SMILES string of the molecule is c1ccc(CCNCc2cccnn2)nc1. The van der Waals surface area contributed by atoms with Gasteiger partial charge in [0.25, 0.3) is 0 Å². The van der Waals surface area contributed by atoms with Crippen molar-refractivity contribution >= 4 is 0 Å². The number of hydrogen-bond donors (Lipinski definition) is 1. The molecule has 2 heterocycles. The van der Waals surface area contributed by atoms with E-state index >= 15 is 0 Å². The van der Waals surface area contributed by atoms with Crippen LogP contribution >= 0.6 is 0 Å². The fraction of sp³-hybridized carbons (Fsp3) is 0.250. The highest BCUT2D eigenvalue weighted by molar-refractivity contribution is 5.04. The molecule has 2 aromatic heterocycles. The van der Waals surface area contributed by atoms with Crippen LogP contribution in [-0.2, 0) is 13.0 Å². The predicted octanol–water partition coefficient (Wildman–Crippen LogP) is 1.20. The van der Waals surface area contributed by atoms with Crippen molar-refractivity contribution < 1.29 is 0 Å². The second kappa shape index (κ2) is 5.92. The van der Waals surface area contributed by atoms with Crippen LogP contribution in [0.15, 0.2) is 42.7 Å². The minimum absolute atomic E-state index is 0.751. The summed E-state index contributed by atoms with van der Waals surface area (Å²) in [6.07, 6.45) is 4.43. The van der Waals surface area contributed by atoms with E-state index in [-0.39, 0.29) is 0 Å². The minimum atomic E-state index is 0.751. The molecule has 4 heteroatoms. The third kappa shape index (κ3) is 3.40. The molecule has 0 fully saturated rings. The molecule has 0 amide bonds. The number of pyridine rings is 1. The van der Waals surface area contributed by atoms with Crippen LogP contribution in [0.2, 0.25) is 0 Å². The van der Waals surface area contributed by atoms with E-state index < -0.39 is 0 Å². The summed E-state index contributed by atoms with van der Waals surface area (Å²) >= 11 is 0. The summed E-state index contributed by atoms with van der Waals surface area (Å²) in [4.78, 5) is 4.26. The van der Waals surface area contributed by atoms with Gasteiger partial charge in [0.15, 0.2) is 0 Å². The highest BCUT2D eigenvalue weighted by atomic mass is 15.1. The van der Waals surface area contributed by atoms with E-state index in [2.05, 4.69) is 20.5 Å². The van der Waals surface area contributed by atoms with Gasteiger partial charge in [0.05, 0.1) is 5.69 Å². The standard InChI is InChI=1S/C12H14N4/c1-2-7-14-11(4-1)6-9-13-10-12-5-3-8-15-16-12/h1-5,7-8,13H,6,9-10H2. The molecule has 0 spiro atoms. The first-order valence-corrected chi connectivity index (χ1v) is 5.32. The number of aromatic nitrogens is 3. The third-order valence-electron chi connectivity index (χ3n) is 2.22. The van der Waals surface area contributed by atoms with E-state index in [0.717, 1.165) is 30.9 Å². The molecule has 0 atom stereocenters. The Morgan fingerprint density at radius 2 is 1.94 bits per heavy atom. The van der Waals surface area contributed by atoms with E-state index in [4.69, 9.17) is 0 Å². The predicted molar refractivity (Wildman–Crippen MR) is 61.7 cm³/mol. The highest BCUT2D eigenvalue weighted by Crippen LogP contribution is 1.94. The van der Waals surface area contributed by atoms with Crippen molar-refractivity contribution in [2.75, 3.05) is 6.54 Å². The molecule has 0 aliphatic heterocycles. The van der Waals surface area contributed by atoms with E-state index in [1.807, 2.05) is 36.5 Å². The van der Waals surface area contributed by atoms with Crippen LogP contribution in [0.5, 0.6) is 0 Å². The van der Waals surface area contributed by atoms with Crippen molar-refractivity contribution in [3.05, 3.63) is 54.1 Å². The van der Waals surface area contributed by atoms with Crippen molar-refractivity contribution in [3.8, 4) is 0 Å². The first-order chi connectivity index (χ1) is 7.95. The number of nitrogens with zero attached hydrogens (tertiary/aromatic N) is 3. The van der Waals surface area contributed by atoms with E-state index in [1.165, 1.54) is 0 Å². The molecular weight excluding hydrogens is 200 g/mol. The Labute approximate surface area is 94.8 Å². The quantitative estimate of drug-likeness (QED) is 0.760. The monoisotopic (exact) mass is 214 g/mol. The van der Waals surface area contributed by atoms with Crippen LogP contribution in [0.25, 0.3) is 0 Å². The number of rotatable bonds is 5. The normalized spacial score (nSPS) is 10.2. The minimum Gasteiger partial charge on any atom is -0.311 e. The van der Waals surface area contributed by atoms with Crippen LogP contribution in [0.3, 0.4) is 0 Å². The van der Waals surface area contributed by atoms with Crippen LogP contribution in [0.1, 0.15) is 11.4 Å². The zero-order valence-electron chi connectivity index (χ0n) is 9.00. The van der Waals surface area contributed by atoms with Gasteiger partial charge in [-0.3, -0.25) is 4.98 Å². The Hall–Kier alpha value is -1.81. The molecule has 2 rings (SSSR count). The summed E-state index contributed by atoms with van der Waals surface area (Å²) in [6.45, 7) is 1.65. The largest absolute Gasteiger partial charge is 0.311 e. The molecule has 16 heavy (non-hydrogen) atoms. The molecular formula is C12H14N4. The lowest BCUT2D eigenvalue weighted by atomic mass is 10.2. The molecule has 0 radical (unpaired) electrons. The fourth-order valence-electron chi connectivity index (χ4n) is 1.41. The summed E-state index contributed by atoms with van der Waals surface area (Å²) in [5.74, 6) is 0. The first-order valence-electron chi connectivity index (χ1n) is 5.32. The second-order valence-electron chi connectivity index (χ2n) is 3.46. The molecule has 0 aliphatic rings. The van der Waals surface area contributed by atoms with E-state index in [9.17, 15) is 0 Å². The molecule has 0 saturated heterocycles. The maximum Gasteiger partial charge on any atom is 0.0768 e. The summed E-state index contributed by atoms with van der Waals surface area (Å²) in [7, 11) is 0. The van der Waals surface area contributed by atoms with Gasteiger partial charge in [-0.2, -0.15) is 10.2 Å². The Morgan fingerprint density at radius 1 is 1.00 bits per heavy atom. The molecule has 0 aromatic carbocycles. The van der Waals surface area contributed by atoms with Crippen molar-refractivity contribution in [2.45, 2.75) is 13.0 Å². The van der Waals surface area contributed by atoms with Crippen molar-refractivity contribution in [1.29, 1.82) is 0 Å². The molecule has 0 saturated carbocycles. The van der Waals surface area contributed by atoms with Gasteiger partial charge in [0.2, 0.25) is 0 Å². The molecule has 2 aromatic rings. The Morgan fingerprint density at radius 3 is 2.69 bits per heavy atom. The summed E-state index contributed by atoms with van der Waals surface area (Å²) in [5.41, 5.74) is 2.07. The van der Waals surface area contributed by atoms with Gasteiger partial charge in [-0.1, -0.05) is 6.07 Å². The maximum absolute atomic E-state index is 4.26. The second-order valence-corrected chi connectivity index (χ2v) is 3.46. The van der Waals surface area contributed by atoms with E-state index in [1.54, 1.807) is 6.20 Å². The molecule has 1 N–H and O–H groups in total. The van der Waals surface area contributed by atoms with Gasteiger partial charge in [0, 0.05) is 37.6 Å². The van der Waals surface area contributed by atoms with E-state index in [0.29, 0.717) is 0 Å². The highest BCUT2D eigenvalue weighted by Gasteiger charge is 1.95. The summed E-state index contributed by atoms with van der Waals surface area (Å²) in [6, 6.07) is 9.81. The van der Waals surface area contributed by atoms with Crippen LogP contribution < -0.4 is 5.32 Å². The summed E-state index contributed by atoms with van der Waals surface area (Å²) in [5, 5.41) is 11.1. The third-order valence-corrected chi connectivity index (χ3v) is 2.22. The Kier molecular flexibility index (Phi) is 3.96. The number of hydrogen-bond acceptors (Lipinski definition) is 4. The lowest BCUT2D eigenvalue weighted by molar-refractivity contribution is 0.661. The first kappa shape index (κ1) is 10.7.